The van der Waals surface area contributed by atoms with E-state index >= 15 is 0 Å². The molecule has 0 aliphatic carbocycles. The van der Waals surface area contributed by atoms with E-state index in [1.54, 1.807) is 0 Å². The fourth-order valence-corrected chi connectivity index (χ4v) is 12.6. The second-order valence-corrected chi connectivity index (χ2v) is 27.8. The Balaban J connectivity index is 1.64. The van der Waals surface area contributed by atoms with Crippen LogP contribution in [-0.2, 0) is 23.7 Å². The van der Waals surface area contributed by atoms with Crippen molar-refractivity contribution in [1.82, 2.24) is 5.32 Å². The number of rotatable bonds is 66. The number of ether oxygens (including phenoxy) is 4. The fraction of sp³-hybridized carbons (Fsp3) is 0.753. The van der Waals surface area contributed by atoms with Crippen molar-refractivity contribution in [2.45, 2.75) is 389 Å². The fourth-order valence-electron chi connectivity index (χ4n) is 12.6. The zero-order valence-corrected chi connectivity index (χ0v) is 62.4. The van der Waals surface area contributed by atoms with Gasteiger partial charge >= 0.3 is 0 Å². The SMILES string of the molecule is CC/C=C\C/C=C\C/C=C\C/C=C\C/C=C\C/C=C\C/C=C\C/C=C\C/C=C\C/C=C\CCCCCCCCC(=O)NC(COC1OC(CO)C(OC2OC(CO)C(O)C(O)C2O)C(O)C1O)C(O)CCCCCCCCCCCCCCCCCCCCCCCCCCCCCC. The number of hydrogen-bond donors (Lipinski definition) is 9. The molecule has 99 heavy (non-hydrogen) atoms. The Kier molecular flexibility index (Phi) is 62.4. The van der Waals surface area contributed by atoms with E-state index < -0.39 is 86.8 Å². The van der Waals surface area contributed by atoms with Crippen LogP contribution in [0.5, 0.6) is 0 Å². The van der Waals surface area contributed by atoms with Crippen molar-refractivity contribution in [1.29, 1.82) is 0 Å². The molecule has 2 heterocycles. The van der Waals surface area contributed by atoms with E-state index in [0.29, 0.717) is 12.8 Å². The predicted molar refractivity (Wildman–Crippen MR) is 410 cm³/mol. The average Bonchev–Trinajstić information content (AvgIpc) is 0.793. The largest absolute Gasteiger partial charge is 0.394 e. The van der Waals surface area contributed by atoms with Crippen LogP contribution in [0, 0.1) is 0 Å². The minimum atomic E-state index is -1.79. The molecule has 0 aromatic carbocycles. The van der Waals surface area contributed by atoms with Gasteiger partial charge in [0, 0.05) is 6.42 Å². The Hall–Kier alpha value is -3.61. The number of aliphatic hydroxyl groups excluding tert-OH is 8. The quantitative estimate of drug-likeness (QED) is 0.0204. The molecule has 0 saturated carbocycles. The van der Waals surface area contributed by atoms with Crippen LogP contribution in [0.2, 0.25) is 0 Å². The highest BCUT2D eigenvalue weighted by atomic mass is 16.7. The lowest BCUT2D eigenvalue weighted by Gasteiger charge is -2.46. The zero-order valence-electron chi connectivity index (χ0n) is 62.4. The third-order valence-electron chi connectivity index (χ3n) is 18.9. The van der Waals surface area contributed by atoms with Gasteiger partial charge in [-0.3, -0.25) is 4.79 Å². The van der Waals surface area contributed by atoms with E-state index in [0.717, 1.165) is 128 Å². The normalized spacial score (nSPS) is 22.6. The highest BCUT2D eigenvalue weighted by molar-refractivity contribution is 5.76. The minimum absolute atomic E-state index is 0.222. The smallest absolute Gasteiger partial charge is 0.220 e. The van der Waals surface area contributed by atoms with Gasteiger partial charge in [-0.1, -0.05) is 341 Å². The number of hydrogen-bond acceptors (Lipinski definition) is 13. The number of carbonyl (C=O) groups is 1. The second kappa shape index (κ2) is 67.6. The molecule has 2 aliphatic heterocycles. The Morgan fingerprint density at radius 3 is 1.07 bits per heavy atom. The summed E-state index contributed by atoms with van der Waals surface area (Å²) in [5.74, 6) is -0.222. The molecule has 0 bridgehead atoms. The molecule has 1 amide bonds. The summed E-state index contributed by atoms with van der Waals surface area (Å²) in [6.45, 7) is 2.77. The Morgan fingerprint density at radius 1 is 0.374 bits per heavy atom. The first kappa shape index (κ1) is 91.5. The van der Waals surface area contributed by atoms with Crippen LogP contribution in [0.4, 0.5) is 0 Å². The number of unbranched alkanes of at least 4 members (excludes halogenated alkanes) is 33. The van der Waals surface area contributed by atoms with Gasteiger partial charge in [0.2, 0.25) is 5.91 Å². The maximum Gasteiger partial charge on any atom is 0.220 e. The summed E-state index contributed by atoms with van der Waals surface area (Å²) in [7, 11) is 0. The first-order chi connectivity index (χ1) is 48.6. The molecule has 9 N–H and O–H groups in total. The molecule has 12 unspecified atom stereocenters. The van der Waals surface area contributed by atoms with Crippen molar-refractivity contribution < 1.29 is 64.6 Å². The molecule has 2 rings (SSSR count). The van der Waals surface area contributed by atoms with Crippen molar-refractivity contribution >= 4 is 5.91 Å². The molecular weight excluding hydrogens is 1240 g/mol. The highest BCUT2D eigenvalue weighted by Crippen LogP contribution is 2.30. The van der Waals surface area contributed by atoms with Crippen LogP contribution in [0.15, 0.2) is 122 Å². The summed E-state index contributed by atoms with van der Waals surface area (Å²) < 4.78 is 23.0. The maximum absolute atomic E-state index is 13.4. The molecular formula is C85H147NO13. The summed E-state index contributed by atoms with van der Waals surface area (Å²) >= 11 is 0. The van der Waals surface area contributed by atoms with Gasteiger partial charge in [0.1, 0.15) is 48.8 Å². The monoisotopic (exact) mass is 1390 g/mol. The number of allylic oxidation sites excluding steroid dienone is 20. The molecule has 12 atom stereocenters. The van der Waals surface area contributed by atoms with Crippen molar-refractivity contribution in [3.63, 3.8) is 0 Å². The van der Waals surface area contributed by atoms with E-state index in [1.807, 2.05) is 0 Å². The summed E-state index contributed by atoms with van der Waals surface area (Å²) in [5, 5.41) is 87.9. The van der Waals surface area contributed by atoms with Gasteiger partial charge < -0.3 is 65.1 Å². The average molecular weight is 1390 g/mol. The van der Waals surface area contributed by atoms with Gasteiger partial charge in [0.25, 0.3) is 0 Å². The lowest BCUT2D eigenvalue weighted by molar-refractivity contribution is -0.359. The summed E-state index contributed by atoms with van der Waals surface area (Å²) in [4.78, 5) is 13.4. The standard InChI is InChI=1S/C85H147NO13/c1-3-5-7-9-11-13-15-17-19-21-23-25-27-29-31-33-34-35-36-37-38-39-40-41-43-45-47-49-51-53-55-57-59-61-63-65-67-69-77(90)86-73(72-96-84-82(95)80(93)83(76(71-88)98-84)99-85-81(94)79(92)78(91)75(70-87)97-85)74(89)68-66-64-62-60-58-56-54-52-50-48-46-44-42-32-30-28-26-24-22-20-18-16-14-12-10-8-6-4-2/h5,7,11,13,17,19,23,25,29,31,34-35,37-38,40-41,45,47,51,53,73-76,78-85,87-89,91-95H,3-4,6,8-10,12,14-16,18,20-22,24,26-28,30,32-33,36,39,42-44,46,48-50,52,54-72H2,1-2H3,(H,86,90)/b7-5-,13-11-,19-17-,25-23-,31-29-,35-34-,38-37-,41-40-,47-45-,53-51-. The predicted octanol–water partition coefficient (Wildman–Crippen LogP) is 18.4. The molecule has 14 nitrogen and oxygen atoms in total. The maximum atomic E-state index is 13.4. The number of amides is 1. The van der Waals surface area contributed by atoms with Crippen LogP contribution in [0.3, 0.4) is 0 Å². The lowest BCUT2D eigenvalue weighted by Crippen LogP contribution is -2.65. The van der Waals surface area contributed by atoms with Gasteiger partial charge in [0.05, 0.1) is 32.0 Å². The van der Waals surface area contributed by atoms with E-state index in [9.17, 15) is 45.6 Å². The number of nitrogens with one attached hydrogen (secondary N) is 1. The Morgan fingerprint density at radius 2 is 0.697 bits per heavy atom. The molecule has 0 spiro atoms. The van der Waals surface area contributed by atoms with Crippen molar-refractivity contribution in [2.24, 2.45) is 0 Å². The highest BCUT2D eigenvalue weighted by Gasteiger charge is 2.51. The van der Waals surface area contributed by atoms with Crippen molar-refractivity contribution in [2.75, 3.05) is 19.8 Å². The molecule has 0 aromatic heterocycles. The topological polar surface area (TPSA) is 228 Å². The molecule has 2 aliphatic rings. The lowest BCUT2D eigenvalue weighted by atomic mass is 9.97. The molecule has 0 aromatic rings. The van der Waals surface area contributed by atoms with Gasteiger partial charge in [-0.25, -0.2) is 0 Å². The third kappa shape index (κ3) is 50.4. The Bertz CT molecular complexity index is 2130. The number of carbonyl (C=O) groups excluding carboxylic acids is 1. The molecule has 570 valence electrons. The van der Waals surface area contributed by atoms with E-state index in [4.69, 9.17) is 18.9 Å². The molecule has 14 heteroatoms. The van der Waals surface area contributed by atoms with Crippen LogP contribution in [-0.4, -0.2) is 140 Å². The van der Waals surface area contributed by atoms with Crippen molar-refractivity contribution in [3.05, 3.63) is 122 Å². The van der Waals surface area contributed by atoms with Crippen LogP contribution < -0.4 is 5.32 Å². The minimum Gasteiger partial charge on any atom is -0.394 e. The Labute approximate surface area is 603 Å². The van der Waals surface area contributed by atoms with Crippen LogP contribution in [0.1, 0.15) is 316 Å². The molecule has 2 saturated heterocycles. The number of aliphatic hydroxyl groups is 8. The third-order valence-corrected chi connectivity index (χ3v) is 18.9. The van der Waals surface area contributed by atoms with Crippen LogP contribution in [0.25, 0.3) is 0 Å². The van der Waals surface area contributed by atoms with Gasteiger partial charge in [-0.15, -0.1) is 0 Å². The molecule has 0 radical (unpaired) electrons. The zero-order chi connectivity index (χ0) is 71.5. The van der Waals surface area contributed by atoms with Gasteiger partial charge in [0.15, 0.2) is 12.6 Å². The van der Waals surface area contributed by atoms with Gasteiger partial charge in [-0.05, 0) is 89.9 Å². The second-order valence-electron chi connectivity index (χ2n) is 27.8. The van der Waals surface area contributed by atoms with E-state index in [1.165, 1.54) is 154 Å². The van der Waals surface area contributed by atoms with Crippen LogP contribution >= 0.6 is 0 Å². The first-order valence-electron chi connectivity index (χ1n) is 40.3. The van der Waals surface area contributed by atoms with Gasteiger partial charge in [-0.2, -0.15) is 0 Å². The molecule has 2 fully saturated rings. The van der Waals surface area contributed by atoms with E-state index in [-0.39, 0.29) is 18.9 Å². The summed E-state index contributed by atoms with van der Waals surface area (Å²) in [6.07, 6.45) is 82.2. The first-order valence-corrected chi connectivity index (χ1v) is 40.3. The summed E-state index contributed by atoms with van der Waals surface area (Å²) in [5.41, 5.74) is 0. The van der Waals surface area contributed by atoms with E-state index in [2.05, 4.69) is 141 Å². The van der Waals surface area contributed by atoms with Crippen molar-refractivity contribution in [3.8, 4) is 0 Å². The summed E-state index contributed by atoms with van der Waals surface area (Å²) in [6, 6.07) is -0.848.